The van der Waals surface area contributed by atoms with E-state index in [1.165, 1.54) is 0 Å². The van der Waals surface area contributed by atoms with E-state index in [4.69, 9.17) is 5.11 Å². The number of carbonyl (C=O) groups is 1. The summed E-state index contributed by atoms with van der Waals surface area (Å²) in [6.07, 6.45) is -16.2. The molecule has 0 amide bonds. The van der Waals surface area contributed by atoms with E-state index in [1.807, 2.05) is 0 Å². The number of aliphatic carboxylic acids is 1. The zero-order chi connectivity index (χ0) is 27.2. The number of hydrogen-bond donors (Lipinski definition) is 2. The number of sulfonamides is 1. The van der Waals surface area contributed by atoms with Gasteiger partial charge in [0.05, 0.1) is 26.4 Å². The molecule has 0 aromatic heterocycles. The number of hydrogen-bond acceptors (Lipinski definition) is 3. The summed E-state index contributed by atoms with van der Waals surface area (Å²) in [5, 5.41) is 8.81. The number of rotatable bonds is 15. The van der Waals surface area contributed by atoms with Crippen LogP contribution < -0.4 is 4.72 Å². The van der Waals surface area contributed by atoms with Gasteiger partial charge in [-0.1, -0.05) is 0 Å². The molecule has 1 unspecified atom stereocenters. The largest absolute Gasteiger partial charge is 0.477 e. The van der Waals surface area contributed by atoms with E-state index >= 15 is 0 Å². The molecule has 0 spiro atoms. The molecule has 0 rings (SSSR count). The summed E-state index contributed by atoms with van der Waals surface area (Å²) < 4.78 is 132. The summed E-state index contributed by atoms with van der Waals surface area (Å²) in [5.41, 5.74) is -7.76. The molecule has 0 bridgehead atoms. The lowest BCUT2D eigenvalue weighted by Gasteiger charge is -2.34. The van der Waals surface area contributed by atoms with Gasteiger partial charge in [0, 0.05) is 19.4 Å². The number of halogens is 8. The van der Waals surface area contributed by atoms with Crippen molar-refractivity contribution >= 4 is 16.0 Å². The Balaban J connectivity index is 5.06. The Morgan fingerprint density at radius 1 is 0.941 bits per heavy atom. The Kier molecular flexibility index (Phi) is 11.3. The zero-order valence-electron chi connectivity index (χ0n) is 19.5. The van der Waals surface area contributed by atoms with Crippen LogP contribution in [0.3, 0.4) is 0 Å². The highest BCUT2D eigenvalue weighted by Crippen LogP contribution is 2.51. The Hall–Kier alpha value is -1.22. The van der Waals surface area contributed by atoms with Crippen molar-refractivity contribution in [3.05, 3.63) is 0 Å². The van der Waals surface area contributed by atoms with Gasteiger partial charge in [-0.2, -0.15) is 26.3 Å². The zero-order valence-corrected chi connectivity index (χ0v) is 20.3. The number of carboxylic acids is 1. The van der Waals surface area contributed by atoms with Crippen LogP contribution in [0.5, 0.6) is 0 Å². The summed E-state index contributed by atoms with van der Waals surface area (Å²) in [7, 11) is -0.714. The molecular weight excluding hydrogens is 504 g/mol. The smallest absolute Gasteiger partial charge is 0.431 e. The van der Waals surface area contributed by atoms with Crippen LogP contribution in [0.1, 0.15) is 46.0 Å². The lowest BCUT2D eigenvalue weighted by Crippen LogP contribution is -2.54. The van der Waals surface area contributed by atoms with Gasteiger partial charge in [-0.15, -0.1) is 0 Å². The predicted molar refractivity (Wildman–Crippen MR) is 109 cm³/mol. The first kappa shape index (κ1) is 32.8. The number of nitrogens with zero attached hydrogens (tertiary/aromatic N) is 1. The highest BCUT2D eigenvalue weighted by Gasteiger charge is 2.72. The summed E-state index contributed by atoms with van der Waals surface area (Å²) in [4.78, 5) is 10.8. The lowest BCUT2D eigenvalue weighted by atomic mass is 9.82. The van der Waals surface area contributed by atoms with Crippen LogP contribution in [0.25, 0.3) is 0 Å². The molecule has 0 aliphatic carbocycles. The summed E-state index contributed by atoms with van der Waals surface area (Å²) in [5.74, 6) is -3.43. The van der Waals surface area contributed by atoms with Crippen molar-refractivity contribution in [2.75, 3.05) is 39.5 Å². The maximum atomic E-state index is 14.1. The van der Waals surface area contributed by atoms with Crippen LogP contribution in [0.4, 0.5) is 35.1 Å². The van der Waals surface area contributed by atoms with E-state index in [9.17, 15) is 48.3 Å². The molecule has 34 heavy (non-hydrogen) atoms. The van der Waals surface area contributed by atoms with Crippen LogP contribution in [0, 0.1) is 5.92 Å². The fourth-order valence-corrected chi connectivity index (χ4v) is 4.71. The van der Waals surface area contributed by atoms with Crippen molar-refractivity contribution in [3.63, 3.8) is 0 Å². The number of quaternary nitrogens is 1. The van der Waals surface area contributed by atoms with Gasteiger partial charge < -0.3 is 9.59 Å². The molecule has 0 aliphatic heterocycles. The normalized spacial score (nSPS) is 15.4. The maximum Gasteiger partial charge on any atom is 0.431 e. The fraction of sp³-hybridized carbons (Fsp3) is 0.947. The van der Waals surface area contributed by atoms with Gasteiger partial charge in [0.2, 0.25) is 10.0 Å². The minimum atomic E-state index is -6.27. The van der Waals surface area contributed by atoms with Crippen molar-refractivity contribution in [2.45, 2.75) is 69.6 Å². The number of carboxylic acid groups (broad SMARTS) is 1. The van der Waals surface area contributed by atoms with Crippen molar-refractivity contribution < 1.29 is 57.9 Å². The average Bonchev–Trinajstić information content (AvgIpc) is 2.53. The van der Waals surface area contributed by atoms with Crippen molar-refractivity contribution in [2.24, 2.45) is 5.92 Å². The third-order valence-electron chi connectivity index (χ3n) is 5.09. The van der Waals surface area contributed by atoms with Crippen LogP contribution >= 0.6 is 0 Å². The molecule has 204 valence electrons. The average molecular weight is 538 g/mol. The molecule has 0 heterocycles. The minimum absolute atomic E-state index is 0.0691. The van der Waals surface area contributed by atoms with E-state index < -0.39 is 77.0 Å². The Labute approximate surface area is 194 Å². The molecule has 0 aromatic carbocycles. The third kappa shape index (κ3) is 12.0. The molecule has 0 saturated carbocycles. The molecule has 2 N–H and O–H groups in total. The Bertz CT molecular complexity index is 748. The fourth-order valence-electron chi connectivity index (χ4n) is 3.57. The van der Waals surface area contributed by atoms with Gasteiger partial charge in [0.25, 0.3) is 5.67 Å². The molecule has 15 heteroatoms. The van der Waals surface area contributed by atoms with E-state index in [1.54, 1.807) is 14.1 Å². The number of likely N-dealkylation sites (N-methyl/N-ethyl adjacent to an activating group) is 1. The van der Waals surface area contributed by atoms with Crippen LogP contribution in [0.2, 0.25) is 0 Å². The second-order valence-electron chi connectivity index (χ2n) is 9.71. The summed E-state index contributed by atoms with van der Waals surface area (Å²) in [6.45, 7) is 1.90. The van der Waals surface area contributed by atoms with Crippen molar-refractivity contribution in [1.29, 1.82) is 0 Å². The molecular formula is C19H33F8N2O4S+. The van der Waals surface area contributed by atoms with E-state index in [-0.39, 0.29) is 24.0 Å². The van der Waals surface area contributed by atoms with Crippen LogP contribution in [0.15, 0.2) is 0 Å². The summed E-state index contributed by atoms with van der Waals surface area (Å²) in [6, 6.07) is 0. The van der Waals surface area contributed by atoms with Crippen LogP contribution in [-0.2, 0) is 14.8 Å². The highest BCUT2D eigenvalue weighted by atomic mass is 32.2. The Morgan fingerprint density at radius 3 is 1.85 bits per heavy atom. The second kappa shape index (κ2) is 11.7. The molecule has 0 saturated heterocycles. The number of nitrogens with one attached hydrogen (secondary N) is 1. The first-order valence-corrected chi connectivity index (χ1v) is 12.1. The molecule has 0 aliphatic rings. The first-order valence-electron chi connectivity index (χ1n) is 10.4. The monoisotopic (exact) mass is 537 g/mol. The predicted octanol–water partition coefficient (Wildman–Crippen LogP) is 4.21. The topological polar surface area (TPSA) is 83.5 Å². The quantitative estimate of drug-likeness (QED) is 0.186. The summed E-state index contributed by atoms with van der Waals surface area (Å²) >= 11 is 0. The van der Waals surface area contributed by atoms with E-state index in [0.29, 0.717) is 6.54 Å². The van der Waals surface area contributed by atoms with Crippen LogP contribution in [-0.4, -0.2) is 87.1 Å². The van der Waals surface area contributed by atoms with Crippen molar-refractivity contribution in [3.8, 4) is 0 Å². The molecule has 0 radical (unpaired) electrons. The highest BCUT2D eigenvalue weighted by molar-refractivity contribution is 7.89. The Morgan fingerprint density at radius 2 is 1.44 bits per heavy atom. The van der Waals surface area contributed by atoms with Crippen molar-refractivity contribution in [1.82, 2.24) is 4.72 Å². The minimum Gasteiger partial charge on any atom is -0.477 e. The van der Waals surface area contributed by atoms with Gasteiger partial charge in [0.1, 0.15) is 5.67 Å². The second-order valence-corrected chi connectivity index (χ2v) is 11.6. The molecule has 0 fully saturated rings. The molecule has 1 atom stereocenters. The van der Waals surface area contributed by atoms with Gasteiger partial charge in [-0.3, -0.25) is 0 Å². The first-order chi connectivity index (χ1) is 14.9. The molecule has 0 aromatic rings. The lowest BCUT2D eigenvalue weighted by molar-refractivity contribution is -0.883. The maximum absolute atomic E-state index is 14.1. The van der Waals surface area contributed by atoms with Gasteiger partial charge in [0.15, 0.2) is 6.54 Å². The van der Waals surface area contributed by atoms with Gasteiger partial charge in [-0.25, -0.2) is 26.7 Å². The van der Waals surface area contributed by atoms with E-state index in [2.05, 4.69) is 4.72 Å². The van der Waals surface area contributed by atoms with E-state index in [0.717, 1.165) is 13.8 Å². The molecule has 6 nitrogen and oxygen atoms in total. The SMILES string of the molecule is CC(C)(F)CC(CCCS(=O)(=O)NCCC[N+](C)(C)CC(=O)O)CC(F)(C(F)(F)F)C(F)(F)F. The van der Waals surface area contributed by atoms with Gasteiger partial charge >= 0.3 is 18.3 Å². The third-order valence-corrected chi connectivity index (χ3v) is 6.56. The number of alkyl halides is 8. The van der Waals surface area contributed by atoms with Gasteiger partial charge in [-0.05, 0) is 39.0 Å². The standard InChI is InChI=1S/C19H32F8N2O4S/c1-16(2,20)11-14(12-17(21,18(22,23)24)19(25,26)27)7-5-10-34(32,33)28-8-6-9-29(3,4)13-15(30)31/h14,28H,5-13H2,1-4H3/p+1.